The van der Waals surface area contributed by atoms with Crippen LogP contribution in [0.2, 0.25) is 0 Å². The molecule has 0 radical (unpaired) electrons. The SMILES string of the molecule is CCCN1CCC23C=CC(O)CC2Oc2c(OC)ccc(c23)C1. The molecule has 1 spiro atoms. The zero-order valence-electron chi connectivity index (χ0n) is 13.9. The van der Waals surface area contributed by atoms with Gasteiger partial charge in [0.25, 0.3) is 0 Å². The van der Waals surface area contributed by atoms with Gasteiger partial charge in [-0.15, -0.1) is 0 Å². The lowest BCUT2D eigenvalue weighted by Crippen LogP contribution is -2.43. The highest BCUT2D eigenvalue weighted by atomic mass is 16.5. The predicted octanol–water partition coefficient (Wildman–Crippen LogP) is 2.63. The van der Waals surface area contributed by atoms with E-state index in [0.717, 1.165) is 37.6 Å². The summed E-state index contributed by atoms with van der Waals surface area (Å²) in [7, 11) is 1.70. The fourth-order valence-corrected chi connectivity index (χ4v) is 4.50. The van der Waals surface area contributed by atoms with Crippen molar-refractivity contribution in [1.29, 1.82) is 0 Å². The highest BCUT2D eigenvalue weighted by molar-refractivity contribution is 5.60. The zero-order chi connectivity index (χ0) is 16.0. The minimum Gasteiger partial charge on any atom is -0.493 e. The van der Waals surface area contributed by atoms with Crippen LogP contribution in [0.25, 0.3) is 0 Å². The first kappa shape index (κ1) is 15.0. The fraction of sp³-hybridized carbons (Fsp3) is 0.579. The van der Waals surface area contributed by atoms with Gasteiger partial charge in [-0.3, -0.25) is 4.90 Å². The van der Waals surface area contributed by atoms with Gasteiger partial charge in [-0.25, -0.2) is 0 Å². The zero-order valence-corrected chi connectivity index (χ0v) is 13.9. The van der Waals surface area contributed by atoms with Gasteiger partial charge in [-0.2, -0.15) is 0 Å². The summed E-state index contributed by atoms with van der Waals surface area (Å²) in [4.78, 5) is 2.53. The van der Waals surface area contributed by atoms with E-state index < -0.39 is 6.10 Å². The van der Waals surface area contributed by atoms with E-state index in [2.05, 4.69) is 24.0 Å². The van der Waals surface area contributed by atoms with E-state index >= 15 is 0 Å². The lowest BCUT2D eigenvalue weighted by atomic mass is 9.69. The Morgan fingerprint density at radius 3 is 3.09 bits per heavy atom. The first-order chi connectivity index (χ1) is 11.2. The summed E-state index contributed by atoms with van der Waals surface area (Å²) in [6.07, 6.45) is 6.61. The Kier molecular flexibility index (Phi) is 3.62. The van der Waals surface area contributed by atoms with Gasteiger partial charge in [0.15, 0.2) is 11.5 Å². The maximum atomic E-state index is 10.1. The molecule has 0 aromatic heterocycles. The van der Waals surface area contributed by atoms with Gasteiger partial charge < -0.3 is 14.6 Å². The number of nitrogens with zero attached hydrogens (tertiary/aromatic N) is 1. The molecule has 2 aliphatic heterocycles. The van der Waals surface area contributed by atoms with Gasteiger partial charge in [-0.1, -0.05) is 25.1 Å². The molecule has 0 amide bonds. The van der Waals surface area contributed by atoms with Crippen LogP contribution in [0.5, 0.6) is 11.5 Å². The Morgan fingerprint density at radius 2 is 2.30 bits per heavy atom. The van der Waals surface area contributed by atoms with Crippen LogP contribution in [-0.2, 0) is 12.0 Å². The molecule has 3 unspecified atom stereocenters. The molecule has 0 bridgehead atoms. The topological polar surface area (TPSA) is 41.9 Å². The lowest BCUT2D eigenvalue weighted by Gasteiger charge is -2.35. The second-order valence-electron chi connectivity index (χ2n) is 6.97. The number of hydrogen-bond acceptors (Lipinski definition) is 4. The molecule has 4 nitrogen and oxygen atoms in total. The highest BCUT2D eigenvalue weighted by Crippen LogP contribution is 2.55. The summed E-state index contributed by atoms with van der Waals surface area (Å²) in [5, 5.41) is 10.1. The molecule has 0 saturated heterocycles. The van der Waals surface area contributed by atoms with Crippen molar-refractivity contribution in [3.63, 3.8) is 0 Å². The largest absolute Gasteiger partial charge is 0.493 e. The molecule has 3 atom stereocenters. The third-order valence-electron chi connectivity index (χ3n) is 5.57. The van der Waals surface area contributed by atoms with E-state index in [0.29, 0.717) is 6.42 Å². The number of benzene rings is 1. The number of hydrogen-bond donors (Lipinski definition) is 1. The minimum absolute atomic E-state index is 0.00845. The normalized spacial score (nSPS) is 32.0. The second kappa shape index (κ2) is 5.53. The molecule has 23 heavy (non-hydrogen) atoms. The standard InChI is InChI=1S/C19H25NO3/c1-3-9-20-10-8-19-7-6-14(21)11-16(19)23-18-15(22-2)5-4-13(12-20)17(18)19/h4-7,14,16,21H,3,8-12H2,1-2H3. The summed E-state index contributed by atoms with van der Waals surface area (Å²) < 4.78 is 11.9. The maximum Gasteiger partial charge on any atom is 0.166 e. The Hall–Kier alpha value is -1.52. The monoisotopic (exact) mass is 315 g/mol. The predicted molar refractivity (Wildman–Crippen MR) is 89.0 cm³/mol. The summed E-state index contributed by atoms with van der Waals surface area (Å²) in [6, 6.07) is 4.22. The van der Waals surface area contributed by atoms with E-state index in [9.17, 15) is 5.11 Å². The van der Waals surface area contributed by atoms with Gasteiger partial charge in [-0.05, 0) is 37.6 Å². The average Bonchev–Trinajstić information content (AvgIpc) is 2.79. The van der Waals surface area contributed by atoms with Gasteiger partial charge in [0.1, 0.15) is 6.10 Å². The van der Waals surface area contributed by atoms with E-state index in [4.69, 9.17) is 9.47 Å². The summed E-state index contributed by atoms with van der Waals surface area (Å²) >= 11 is 0. The molecule has 124 valence electrons. The lowest BCUT2D eigenvalue weighted by molar-refractivity contribution is 0.0810. The Balaban J connectivity index is 1.87. The Bertz CT molecular complexity index is 642. The molecule has 2 heterocycles. The van der Waals surface area contributed by atoms with Crippen LogP contribution < -0.4 is 9.47 Å². The van der Waals surface area contributed by atoms with E-state index in [-0.39, 0.29) is 11.5 Å². The van der Waals surface area contributed by atoms with E-state index in [1.54, 1.807) is 7.11 Å². The third-order valence-corrected chi connectivity index (χ3v) is 5.57. The van der Waals surface area contributed by atoms with Crippen molar-refractivity contribution in [2.45, 2.75) is 50.4 Å². The van der Waals surface area contributed by atoms with Gasteiger partial charge in [0.2, 0.25) is 0 Å². The summed E-state index contributed by atoms with van der Waals surface area (Å²) in [5.41, 5.74) is 2.53. The van der Waals surface area contributed by atoms with Crippen molar-refractivity contribution in [2.24, 2.45) is 0 Å². The van der Waals surface area contributed by atoms with E-state index in [1.807, 2.05) is 12.1 Å². The van der Waals surface area contributed by atoms with Crippen LogP contribution in [0.15, 0.2) is 24.3 Å². The van der Waals surface area contributed by atoms with Gasteiger partial charge in [0, 0.05) is 18.5 Å². The molecule has 0 fully saturated rings. The molecule has 1 aromatic carbocycles. The van der Waals surface area contributed by atoms with Crippen molar-refractivity contribution in [3.05, 3.63) is 35.4 Å². The van der Waals surface area contributed by atoms with Crippen LogP contribution >= 0.6 is 0 Å². The smallest absolute Gasteiger partial charge is 0.166 e. The highest BCUT2D eigenvalue weighted by Gasteiger charge is 2.52. The molecule has 4 rings (SSSR count). The molecule has 1 aromatic rings. The maximum absolute atomic E-state index is 10.1. The van der Waals surface area contributed by atoms with Crippen LogP contribution in [-0.4, -0.2) is 42.4 Å². The second-order valence-corrected chi connectivity index (χ2v) is 6.97. The van der Waals surface area contributed by atoms with Crippen molar-refractivity contribution < 1.29 is 14.6 Å². The van der Waals surface area contributed by atoms with Crippen molar-refractivity contribution in [1.82, 2.24) is 4.90 Å². The van der Waals surface area contributed by atoms with Crippen LogP contribution in [0.4, 0.5) is 0 Å². The molecule has 4 heteroatoms. The number of methoxy groups -OCH3 is 1. The van der Waals surface area contributed by atoms with Crippen molar-refractivity contribution in [2.75, 3.05) is 20.2 Å². The molecule has 1 aliphatic carbocycles. The number of rotatable bonds is 3. The minimum atomic E-state index is -0.413. The number of aliphatic hydroxyl groups is 1. The van der Waals surface area contributed by atoms with Gasteiger partial charge >= 0.3 is 0 Å². The molecular weight excluding hydrogens is 290 g/mol. The van der Waals surface area contributed by atoms with Crippen LogP contribution in [0.1, 0.15) is 37.3 Å². The summed E-state index contributed by atoms with van der Waals surface area (Å²) in [6.45, 7) is 5.38. The quantitative estimate of drug-likeness (QED) is 0.871. The average molecular weight is 315 g/mol. The number of aliphatic hydroxyl groups excluding tert-OH is 1. The van der Waals surface area contributed by atoms with Crippen molar-refractivity contribution in [3.8, 4) is 11.5 Å². The Labute approximate surface area is 137 Å². The number of ether oxygens (including phenoxy) is 2. The van der Waals surface area contributed by atoms with Crippen LogP contribution in [0, 0.1) is 0 Å². The first-order valence-electron chi connectivity index (χ1n) is 8.64. The molecule has 0 saturated carbocycles. The molecule has 1 N–H and O–H groups in total. The first-order valence-corrected chi connectivity index (χ1v) is 8.64. The Morgan fingerprint density at radius 1 is 1.43 bits per heavy atom. The van der Waals surface area contributed by atoms with Crippen LogP contribution in [0.3, 0.4) is 0 Å². The molecule has 3 aliphatic rings. The summed E-state index contributed by atoms with van der Waals surface area (Å²) in [5.74, 6) is 1.71. The van der Waals surface area contributed by atoms with Crippen molar-refractivity contribution >= 4 is 0 Å². The fourth-order valence-electron chi connectivity index (χ4n) is 4.50. The third kappa shape index (κ3) is 2.19. The molecular formula is C19H25NO3. The van der Waals surface area contributed by atoms with E-state index in [1.165, 1.54) is 17.5 Å². The van der Waals surface area contributed by atoms with Gasteiger partial charge in [0.05, 0.1) is 18.6 Å².